The standard InChI is InChI=1S/C7H3ClFNO2S/c8-7(13)4-2-1-3-5(9)6(4)10(11)12/h1-3H. The van der Waals surface area contributed by atoms with Crippen molar-refractivity contribution in [3.05, 3.63) is 39.7 Å². The predicted octanol–water partition coefficient (Wildman–Crippen LogP) is 2.65. The molecule has 0 saturated heterocycles. The Balaban J connectivity index is 3.43. The van der Waals surface area contributed by atoms with Gasteiger partial charge < -0.3 is 0 Å². The molecule has 68 valence electrons. The lowest BCUT2D eigenvalue weighted by atomic mass is 10.2. The van der Waals surface area contributed by atoms with Gasteiger partial charge in [0.05, 0.1) is 10.5 Å². The summed E-state index contributed by atoms with van der Waals surface area (Å²) in [6, 6.07) is 3.60. The molecule has 1 aromatic carbocycles. The fourth-order valence-corrected chi connectivity index (χ4v) is 1.18. The minimum atomic E-state index is -0.939. The van der Waals surface area contributed by atoms with E-state index in [1.165, 1.54) is 12.1 Å². The second-order valence-corrected chi connectivity index (χ2v) is 3.18. The maximum Gasteiger partial charge on any atom is 0.314 e. The number of nitro benzene ring substituents is 1. The summed E-state index contributed by atoms with van der Waals surface area (Å²) >= 11 is 9.91. The number of nitrogens with zero attached hydrogens (tertiary/aromatic N) is 1. The van der Waals surface area contributed by atoms with Crippen LogP contribution in [-0.4, -0.2) is 9.25 Å². The molecule has 0 aliphatic heterocycles. The highest BCUT2D eigenvalue weighted by Gasteiger charge is 2.21. The van der Waals surface area contributed by atoms with Crippen molar-refractivity contribution in [2.45, 2.75) is 0 Å². The van der Waals surface area contributed by atoms with E-state index in [9.17, 15) is 14.5 Å². The molecule has 1 aromatic rings. The van der Waals surface area contributed by atoms with Crippen molar-refractivity contribution >= 4 is 33.8 Å². The van der Waals surface area contributed by atoms with Crippen molar-refractivity contribution in [1.82, 2.24) is 0 Å². The molecular weight excluding hydrogens is 217 g/mol. The molecule has 0 aliphatic carbocycles. The maximum absolute atomic E-state index is 12.9. The smallest absolute Gasteiger partial charge is 0.258 e. The summed E-state index contributed by atoms with van der Waals surface area (Å²) in [4.78, 5) is 9.55. The summed E-state index contributed by atoms with van der Waals surface area (Å²) < 4.78 is 12.7. The van der Waals surface area contributed by atoms with Crippen LogP contribution in [0, 0.1) is 15.9 Å². The number of benzene rings is 1. The van der Waals surface area contributed by atoms with Crippen molar-refractivity contribution < 1.29 is 9.31 Å². The fraction of sp³-hybridized carbons (Fsp3) is 0. The van der Waals surface area contributed by atoms with Crippen LogP contribution < -0.4 is 0 Å². The van der Waals surface area contributed by atoms with E-state index in [4.69, 9.17) is 11.6 Å². The second-order valence-electron chi connectivity index (χ2n) is 2.17. The Morgan fingerprint density at radius 1 is 1.62 bits per heavy atom. The molecular formula is C7H3ClFNO2S. The van der Waals surface area contributed by atoms with Crippen LogP contribution in [-0.2, 0) is 0 Å². The monoisotopic (exact) mass is 219 g/mol. The number of hydrogen-bond donors (Lipinski definition) is 0. The molecule has 1 rings (SSSR count). The summed E-state index contributed by atoms with van der Waals surface area (Å²) in [5.74, 6) is -0.939. The minimum Gasteiger partial charge on any atom is -0.258 e. The van der Waals surface area contributed by atoms with Crippen LogP contribution in [0.1, 0.15) is 5.56 Å². The molecule has 13 heavy (non-hydrogen) atoms. The topological polar surface area (TPSA) is 43.1 Å². The van der Waals surface area contributed by atoms with Gasteiger partial charge in [-0.25, -0.2) is 0 Å². The van der Waals surface area contributed by atoms with Crippen LogP contribution in [0.3, 0.4) is 0 Å². The summed E-state index contributed by atoms with van der Waals surface area (Å²) in [7, 11) is 0. The van der Waals surface area contributed by atoms with Crippen molar-refractivity contribution in [2.24, 2.45) is 0 Å². The van der Waals surface area contributed by atoms with E-state index in [2.05, 4.69) is 12.2 Å². The molecule has 0 saturated carbocycles. The molecule has 0 atom stereocenters. The van der Waals surface area contributed by atoms with Gasteiger partial charge in [0.1, 0.15) is 4.32 Å². The van der Waals surface area contributed by atoms with Gasteiger partial charge in [-0.3, -0.25) is 10.1 Å². The first-order chi connectivity index (χ1) is 6.04. The second kappa shape index (κ2) is 3.76. The Morgan fingerprint density at radius 3 is 2.62 bits per heavy atom. The van der Waals surface area contributed by atoms with E-state index in [0.29, 0.717) is 0 Å². The summed E-state index contributed by atoms with van der Waals surface area (Å²) in [6.07, 6.45) is 0. The fourth-order valence-electron chi connectivity index (χ4n) is 0.860. The van der Waals surface area contributed by atoms with Crippen molar-refractivity contribution in [3.8, 4) is 0 Å². The number of para-hydroxylation sites is 1. The van der Waals surface area contributed by atoms with Crippen LogP contribution in [0.15, 0.2) is 18.2 Å². The molecule has 0 spiro atoms. The summed E-state index contributed by atoms with van der Waals surface area (Å²) in [5.41, 5.74) is -0.746. The first-order valence-electron chi connectivity index (χ1n) is 3.16. The van der Waals surface area contributed by atoms with Crippen LogP contribution in [0.4, 0.5) is 10.1 Å². The van der Waals surface area contributed by atoms with E-state index >= 15 is 0 Å². The Hall–Kier alpha value is -1.07. The molecule has 0 radical (unpaired) electrons. The van der Waals surface area contributed by atoms with Gasteiger partial charge in [0.2, 0.25) is 5.82 Å². The zero-order chi connectivity index (χ0) is 10.0. The molecule has 0 heterocycles. The Labute approximate surface area is 83.3 Å². The van der Waals surface area contributed by atoms with Gasteiger partial charge in [-0.1, -0.05) is 29.9 Å². The normalized spacial score (nSPS) is 9.69. The highest BCUT2D eigenvalue weighted by molar-refractivity contribution is 7.83. The molecule has 0 aromatic heterocycles. The summed E-state index contributed by atoms with van der Waals surface area (Å²) in [5, 5.41) is 10.4. The van der Waals surface area contributed by atoms with E-state index in [-0.39, 0.29) is 9.89 Å². The molecule has 0 fully saturated rings. The Kier molecular flexibility index (Phi) is 2.90. The SMILES string of the molecule is O=[N+]([O-])c1c(F)cccc1C(=S)Cl. The highest BCUT2D eigenvalue weighted by Crippen LogP contribution is 2.23. The van der Waals surface area contributed by atoms with Gasteiger partial charge in [-0.2, -0.15) is 4.39 Å². The molecule has 6 heteroatoms. The zero-order valence-corrected chi connectivity index (χ0v) is 7.73. The average Bonchev–Trinajstić information content (AvgIpc) is 2.02. The molecule has 0 amide bonds. The third-order valence-electron chi connectivity index (χ3n) is 1.38. The van der Waals surface area contributed by atoms with Gasteiger partial charge >= 0.3 is 5.69 Å². The first-order valence-corrected chi connectivity index (χ1v) is 3.95. The Morgan fingerprint density at radius 2 is 2.23 bits per heavy atom. The van der Waals surface area contributed by atoms with Crippen molar-refractivity contribution in [2.75, 3.05) is 0 Å². The van der Waals surface area contributed by atoms with E-state index in [1.807, 2.05) is 0 Å². The number of rotatable bonds is 2. The van der Waals surface area contributed by atoms with Crippen molar-refractivity contribution in [3.63, 3.8) is 0 Å². The lowest BCUT2D eigenvalue weighted by molar-refractivity contribution is -0.387. The van der Waals surface area contributed by atoms with E-state index < -0.39 is 16.4 Å². The number of halogens is 2. The number of hydrogen-bond acceptors (Lipinski definition) is 3. The van der Waals surface area contributed by atoms with Crippen LogP contribution in [0.25, 0.3) is 0 Å². The third-order valence-corrected chi connectivity index (χ3v) is 1.80. The maximum atomic E-state index is 12.9. The molecule has 0 unspecified atom stereocenters. The van der Waals surface area contributed by atoms with Crippen LogP contribution >= 0.6 is 23.8 Å². The first kappa shape index (κ1) is 10.0. The van der Waals surface area contributed by atoms with Gasteiger partial charge in [-0.15, -0.1) is 0 Å². The van der Waals surface area contributed by atoms with E-state index in [1.54, 1.807) is 0 Å². The predicted molar refractivity (Wildman–Crippen MR) is 50.6 cm³/mol. The number of thiocarbonyl (C=S) groups is 1. The highest BCUT2D eigenvalue weighted by atomic mass is 35.5. The third kappa shape index (κ3) is 1.99. The lowest BCUT2D eigenvalue weighted by Crippen LogP contribution is -2.00. The van der Waals surface area contributed by atoms with Gasteiger partial charge in [0, 0.05) is 0 Å². The van der Waals surface area contributed by atoms with Crippen molar-refractivity contribution in [1.29, 1.82) is 0 Å². The lowest BCUT2D eigenvalue weighted by Gasteiger charge is -1.98. The molecule has 0 bridgehead atoms. The molecule has 3 nitrogen and oxygen atoms in total. The average molecular weight is 220 g/mol. The quantitative estimate of drug-likeness (QED) is 0.332. The number of nitro groups is 1. The van der Waals surface area contributed by atoms with Crippen LogP contribution in [0.5, 0.6) is 0 Å². The summed E-state index contributed by atoms with van der Waals surface area (Å²) in [6.45, 7) is 0. The molecule has 0 N–H and O–H groups in total. The minimum absolute atomic E-state index is 0.0679. The largest absolute Gasteiger partial charge is 0.314 e. The van der Waals surface area contributed by atoms with Crippen LogP contribution in [0.2, 0.25) is 0 Å². The van der Waals surface area contributed by atoms with Gasteiger partial charge in [0.15, 0.2) is 0 Å². The van der Waals surface area contributed by atoms with Gasteiger partial charge in [-0.05, 0) is 12.1 Å². The Bertz CT molecular complexity index is 383. The zero-order valence-electron chi connectivity index (χ0n) is 6.16. The molecule has 0 aliphatic rings. The van der Waals surface area contributed by atoms with Gasteiger partial charge in [0.25, 0.3) is 0 Å². The van der Waals surface area contributed by atoms with E-state index in [0.717, 1.165) is 6.07 Å².